The number of aliphatic carboxylic acids is 1. The third kappa shape index (κ3) is 3.49. The molecule has 2 rings (SSSR count). The van der Waals surface area contributed by atoms with Crippen molar-refractivity contribution in [3.63, 3.8) is 0 Å². The number of hydrogen-bond acceptors (Lipinski definition) is 3. The summed E-state index contributed by atoms with van der Waals surface area (Å²) in [5.74, 6) is -1.33. The van der Waals surface area contributed by atoms with Crippen LogP contribution in [0, 0.1) is 11.8 Å². The number of carboxylic acid groups (broad SMARTS) is 1. The molecule has 1 aromatic rings. The number of carbonyl (C=O) groups excluding carboxylic acids is 1. The van der Waals surface area contributed by atoms with Crippen molar-refractivity contribution in [3.8, 4) is 0 Å². The molecule has 108 valence electrons. The molecule has 1 aromatic carbocycles. The summed E-state index contributed by atoms with van der Waals surface area (Å²) in [7, 11) is 0. The Bertz CT molecular complexity index is 521. The Morgan fingerprint density at radius 1 is 1.40 bits per heavy atom. The van der Waals surface area contributed by atoms with E-state index in [4.69, 9.17) is 16.7 Å². The Kier molecular flexibility index (Phi) is 4.62. The van der Waals surface area contributed by atoms with Crippen molar-refractivity contribution in [1.82, 2.24) is 4.90 Å². The lowest BCUT2D eigenvalue weighted by atomic mass is 9.99. The number of carboxylic acids is 1. The van der Waals surface area contributed by atoms with Crippen molar-refractivity contribution < 1.29 is 14.7 Å². The highest BCUT2D eigenvalue weighted by atomic mass is 35.5. The SMILES string of the molecule is C[C@@H]1CN(CC(=O)Nc2ccccc2Cl)C[C@H]1C(=O)O. The van der Waals surface area contributed by atoms with Gasteiger partial charge in [-0.25, -0.2) is 0 Å². The minimum atomic E-state index is -0.800. The van der Waals surface area contributed by atoms with E-state index in [-0.39, 0.29) is 18.4 Å². The number of nitrogens with zero attached hydrogens (tertiary/aromatic N) is 1. The molecule has 0 radical (unpaired) electrons. The third-order valence-electron chi connectivity index (χ3n) is 3.52. The second-order valence-electron chi connectivity index (χ2n) is 5.14. The van der Waals surface area contributed by atoms with Crippen LogP contribution in [0.3, 0.4) is 0 Å². The van der Waals surface area contributed by atoms with Crippen LogP contribution in [-0.4, -0.2) is 41.5 Å². The Morgan fingerprint density at radius 2 is 2.10 bits per heavy atom. The van der Waals surface area contributed by atoms with E-state index in [9.17, 15) is 9.59 Å². The predicted octanol–water partition coefficient (Wildman–Crippen LogP) is 1.93. The maximum atomic E-state index is 11.9. The zero-order valence-electron chi connectivity index (χ0n) is 11.2. The van der Waals surface area contributed by atoms with Crippen LogP contribution in [0.1, 0.15) is 6.92 Å². The predicted molar refractivity (Wildman–Crippen MR) is 76.8 cm³/mol. The minimum Gasteiger partial charge on any atom is -0.481 e. The van der Waals surface area contributed by atoms with Gasteiger partial charge in [0.05, 0.1) is 23.2 Å². The molecule has 20 heavy (non-hydrogen) atoms. The summed E-state index contributed by atoms with van der Waals surface area (Å²) in [6, 6.07) is 7.01. The number of halogens is 1. The molecule has 1 saturated heterocycles. The lowest BCUT2D eigenvalue weighted by Crippen LogP contribution is -2.32. The number of carbonyl (C=O) groups is 2. The van der Waals surface area contributed by atoms with E-state index in [1.807, 2.05) is 11.8 Å². The van der Waals surface area contributed by atoms with Crippen LogP contribution >= 0.6 is 11.6 Å². The molecule has 0 bridgehead atoms. The summed E-state index contributed by atoms with van der Waals surface area (Å²) >= 11 is 5.97. The number of anilines is 1. The van der Waals surface area contributed by atoms with E-state index in [1.165, 1.54) is 0 Å². The van der Waals surface area contributed by atoms with E-state index >= 15 is 0 Å². The summed E-state index contributed by atoms with van der Waals surface area (Å²) in [5, 5.41) is 12.3. The molecule has 2 atom stereocenters. The molecule has 0 aromatic heterocycles. The molecule has 6 heteroatoms. The zero-order chi connectivity index (χ0) is 14.7. The largest absolute Gasteiger partial charge is 0.481 e. The van der Waals surface area contributed by atoms with E-state index in [2.05, 4.69) is 5.32 Å². The molecule has 1 heterocycles. The summed E-state index contributed by atoms with van der Waals surface area (Å²) in [6.45, 7) is 3.10. The monoisotopic (exact) mass is 296 g/mol. The Balaban J connectivity index is 1.90. The molecule has 5 nitrogen and oxygen atoms in total. The van der Waals surface area contributed by atoms with E-state index in [0.717, 1.165) is 0 Å². The quantitative estimate of drug-likeness (QED) is 0.891. The number of amides is 1. The highest BCUT2D eigenvalue weighted by Gasteiger charge is 2.35. The maximum absolute atomic E-state index is 11.9. The molecule has 0 saturated carbocycles. The minimum absolute atomic E-state index is 0.0561. The number of hydrogen-bond donors (Lipinski definition) is 2. The number of nitrogens with one attached hydrogen (secondary N) is 1. The van der Waals surface area contributed by atoms with Gasteiger partial charge in [0.1, 0.15) is 0 Å². The number of rotatable bonds is 4. The van der Waals surface area contributed by atoms with Gasteiger partial charge in [0.2, 0.25) is 5.91 Å². The molecule has 1 fully saturated rings. The van der Waals surface area contributed by atoms with Crippen molar-refractivity contribution in [2.24, 2.45) is 11.8 Å². The molecule has 2 N–H and O–H groups in total. The first-order chi connectivity index (χ1) is 9.47. The van der Waals surface area contributed by atoms with Gasteiger partial charge < -0.3 is 10.4 Å². The fourth-order valence-electron chi connectivity index (χ4n) is 2.47. The normalized spacial score (nSPS) is 22.7. The number of benzene rings is 1. The smallest absolute Gasteiger partial charge is 0.308 e. The Hall–Kier alpha value is -1.59. The Morgan fingerprint density at radius 3 is 2.70 bits per heavy atom. The van der Waals surface area contributed by atoms with Gasteiger partial charge in [-0.1, -0.05) is 30.7 Å². The second kappa shape index (κ2) is 6.24. The topological polar surface area (TPSA) is 69.6 Å². The van der Waals surface area contributed by atoms with Gasteiger partial charge in [-0.3, -0.25) is 14.5 Å². The average Bonchev–Trinajstić information content (AvgIpc) is 2.73. The highest BCUT2D eigenvalue weighted by molar-refractivity contribution is 6.33. The van der Waals surface area contributed by atoms with Crippen LogP contribution in [0.5, 0.6) is 0 Å². The summed E-state index contributed by atoms with van der Waals surface area (Å²) in [5.41, 5.74) is 0.571. The fraction of sp³-hybridized carbons (Fsp3) is 0.429. The number of likely N-dealkylation sites (tertiary alicyclic amines) is 1. The van der Waals surface area contributed by atoms with E-state index in [0.29, 0.717) is 23.8 Å². The molecule has 0 unspecified atom stereocenters. The first-order valence-electron chi connectivity index (χ1n) is 6.47. The van der Waals surface area contributed by atoms with Crippen molar-refractivity contribution in [2.75, 3.05) is 25.0 Å². The van der Waals surface area contributed by atoms with Gasteiger partial charge in [-0.2, -0.15) is 0 Å². The summed E-state index contributed by atoms with van der Waals surface area (Å²) < 4.78 is 0. The highest BCUT2D eigenvalue weighted by Crippen LogP contribution is 2.23. The molecular weight excluding hydrogens is 280 g/mol. The lowest BCUT2D eigenvalue weighted by Gasteiger charge is -2.15. The molecule has 0 aliphatic carbocycles. The standard InChI is InChI=1S/C14H17ClN2O3/c1-9-6-17(7-10(9)14(19)20)8-13(18)16-12-5-3-2-4-11(12)15/h2-5,9-10H,6-8H2,1H3,(H,16,18)(H,19,20)/t9-,10-/m1/s1. The first kappa shape index (κ1) is 14.8. The fourth-order valence-corrected chi connectivity index (χ4v) is 2.66. The van der Waals surface area contributed by atoms with Crippen molar-refractivity contribution in [3.05, 3.63) is 29.3 Å². The van der Waals surface area contributed by atoms with Crippen molar-refractivity contribution in [1.29, 1.82) is 0 Å². The van der Waals surface area contributed by atoms with Crippen molar-refractivity contribution in [2.45, 2.75) is 6.92 Å². The summed E-state index contributed by atoms with van der Waals surface area (Å²) in [6.07, 6.45) is 0. The summed E-state index contributed by atoms with van der Waals surface area (Å²) in [4.78, 5) is 24.8. The van der Waals surface area contributed by atoms with Crippen LogP contribution < -0.4 is 5.32 Å². The van der Waals surface area contributed by atoms with Crippen LogP contribution in [0.15, 0.2) is 24.3 Å². The van der Waals surface area contributed by atoms with Crippen molar-refractivity contribution >= 4 is 29.2 Å². The van der Waals surface area contributed by atoms with E-state index < -0.39 is 11.9 Å². The van der Waals surface area contributed by atoms with Gasteiger partial charge in [0.15, 0.2) is 0 Å². The lowest BCUT2D eigenvalue weighted by molar-refractivity contribution is -0.142. The van der Waals surface area contributed by atoms with Crippen LogP contribution in [0.2, 0.25) is 5.02 Å². The zero-order valence-corrected chi connectivity index (χ0v) is 11.9. The van der Waals surface area contributed by atoms with Gasteiger partial charge in [0, 0.05) is 13.1 Å². The van der Waals surface area contributed by atoms with Crippen LogP contribution in [-0.2, 0) is 9.59 Å². The maximum Gasteiger partial charge on any atom is 0.308 e. The third-order valence-corrected chi connectivity index (χ3v) is 3.85. The van der Waals surface area contributed by atoms with Crippen LogP contribution in [0.4, 0.5) is 5.69 Å². The second-order valence-corrected chi connectivity index (χ2v) is 5.55. The van der Waals surface area contributed by atoms with E-state index in [1.54, 1.807) is 24.3 Å². The van der Waals surface area contributed by atoms with Gasteiger partial charge in [0.25, 0.3) is 0 Å². The molecular formula is C14H17ClN2O3. The molecule has 0 spiro atoms. The Labute approximate surface area is 122 Å². The average molecular weight is 297 g/mol. The molecule has 1 aliphatic heterocycles. The molecule has 1 amide bonds. The molecule has 1 aliphatic rings. The van der Waals surface area contributed by atoms with Gasteiger partial charge in [-0.05, 0) is 18.1 Å². The first-order valence-corrected chi connectivity index (χ1v) is 6.84. The van der Waals surface area contributed by atoms with Crippen LogP contribution in [0.25, 0.3) is 0 Å². The number of para-hydroxylation sites is 1. The van der Waals surface area contributed by atoms with Gasteiger partial charge in [-0.15, -0.1) is 0 Å². The van der Waals surface area contributed by atoms with Gasteiger partial charge >= 0.3 is 5.97 Å².